The molecule has 0 aliphatic heterocycles. The minimum Gasteiger partial charge on any atom is -0.370 e. The molecule has 0 radical (unpaired) electrons. The maximum absolute atomic E-state index is 7.26. The molecule has 6 N–H and O–H groups in total. The number of guanidine groups is 2. The third-order valence-corrected chi connectivity index (χ3v) is 2.30. The van der Waals surface area contributed by atoms with Gasteiger partial charge in [0.05, 0.1) is 6.54 Å². The molecule has 0 saturated heterocycles. The molecule has 0 aliphatic carbocycles. The zero-order valence-corrected chi connectivity index (χ0v) is 9.58. The monoisotopic (exact) mass is 269 g/mol. The van der Waals surface area contributed by atoms with Crippen molar-refractivity contribution in [1.82, 2.24) is 4.90 Å². The lowest BCUT2D eigenvalue weighted by molar-refractivity contribution is 0.581. The summed E-state index contributed by atoms with van der Waals surface area (Å²) in [6.45, 7) is 0.324. The van der Waals surface area contributed by atoms with Crippen LogP contribution >= 0.6 is 15.9 Å². The van der Waals surface area contributed by atoms with E-state index in [1.807, 2.05) is 24.3 Å². The van der Waals surface area contributed by atoms with Crippen molar-refractivity contribution in [3.8, 4) is 0 Å². The van der Waals surface area contributed by atoms with Crippen molar-refractivity contribution in [2.75, 3.05) is 0 Å². The zero-order chi connectivity index (χ0) is 11.4. The smallest absolute Gasteiger partial charge is 0.195 e. The molecular formula is C9H12BrN5. The highest BCUT2D eigenvalue weighted by Gasteiger charge is 2.10. The fourth-order valence-corrected chi connectivity index (χ4v) is 1.56. The van der Waals surface area contributed by atoms with Gasteiger partial charge in [-0.3, -0.25) is 15.7 Å². The predicted octanol–water partition coefficient (Wildman–Crippen LogP) is 1.04. The van der Waals surface area contributed by atoms with Gasteiger partial charge >= 0.3 is 0 Å². The molecule has 0 unspecified atom stereocenters. The highest BCUT2D eigenvalue weighted by molar-refractivity contribution is 9.10. The molecule has 80 valence electrons. The molecule has 6 heteroatoms. The average Bonchev–Trinajstić information content (AvgIpc) is 2.13. The van der Waals surface area contributed by atoms with Crippen molar-refractivity contribution in [2.45, 2.75) is 6.54 Å². The van der Waals surface area contributed by atoms with Crippen LogP contribution in [-0.2, 0) is 6.54 Å². The molecule has 1 rings (SSSR count). The topological polar surface area (TPSA) is 103 Å². The number of nitrogens with zero attached hydrogens (tertiary/aromatic N) is 1. The summed E-state index contributed by atoms with van der Waals surface area (Å²) in [5, 5.41) is 14.5. The summed E-state index contributed by atoms with van der Waals surface area (Å²) in [6, 6.07) is 7.54. The van der Waals surface area contributed by atoms with Crippen LogP contribution in [0, 0.1) is 10.8 Å². The van der Waals surface area contributed by atoms with Gasteiger partial charge in [-0.2, -0.15) is 0 Å². The Morgan fingerprint density at radius 1 is 1.27 bits per heavy atom. The number of nitrogens with two attached hydrogens (primary N) is 2. The van der Waals surface area contributed by atoms with Gasteiger partial charge in [-0.25, -0.2) is 0 Å². The maximum Gasteiger partial charge on any atom is 0.195 e. The molecule has 0 fully saturated rings. The highest BCUT2D eigenvalue weighted by Crippen LogP contribution is 2.13. The number of hydrogen-bond acceptors (Lipinski definition) is 2. The molecule has 0 bridgehead atoms. The molecule has 0 aromatic heterocycles. The second-order valence-corrected chi connectivity index (χ2v) is 3.90. The van der Waals surface area contributed by atoms with Crippen molar-refractivity contribution in [2.24, 2.45) is 11.5 Å². The normalized spacial score (nSPS) is 9.67. The van der Waals surface area contributed by atoms with E-state index in [1.165, 1.54) is 4.90 Å². The standard InChI is InChI=1S/C9H12BrN5/c10-7-3-1-2-6(4-7)5-15(8(11)12)9(13)14/h1-4H,5H2,(H3,11,12)(H3,13,14). The number of hydrogen-bond donors (Lipinski definition) is 4. The lowest BCUT2D eigenvalue weighted by atomic mass is 10.2. The van der Waals surface area contributed by atoms with Crippen LogP contribution in [0.15, 0.2) is 28.7 Å². The van der Waals surface area contributed by atoms with Crippen LogP contribution in [0.4, 0.5) is 0 Å². The van der Waals surface area contributed by atoms with Gasteiger partial charge in [0, 0.05) is 4.47 Å². The minimum atomic E-state index is -0.234. The number of rotatable bonds is 2. The molecular weight excluding hydrogens is 258 g/mol. The second kappa shape index (κ2) is 4.79. The molecule has 5 nitrogen and oxygen atoms in total. The quantitative estimate of drug-likeness (QED) is 0.476. The highest BCUT2D eigenvalue weighted by atomic mass is 79.9. The van der Waals surface area contributed by atoms with Crippen molar-refractivity contribution in [3.63, 3.8) is 0 Å². The lowest BCUT2D eigenvalue weighted by Gasteiger charge is -2.20. The average molecular weight is 270 g/mol. The Morgan fingerprint density at radius 2 is 1.87 bits per heavy atom. The van der Waals surface area contributed by atoms with Crippen LogP contribution in [0.2, 0.25) is 0 Å². The van der Waals surface area contributed by atoms with Gasteiger partial charge in [-0.15, -0.1) is 0 Å². The summed E-state index contributed by atoms with van der Waals surface area (Å²) in [4.78, 5) is 1.21. The molecule has 0 amide bonds. The summed E-state index contributed by atoms with van der Waals surface area (Å²) in [7, 11) is 0. The van der Waals surface area contributed by atoms with Gasteiger partial charge in [-0.05, 0) is 17.7 Å². The molecule has 0 spiro atoms. The molecule has 0 aliphatic rings. The third-order valence-electron chi connectivity index (χ3n) is 1.81. The fraction of sp³-hybridized carbons (Fsp3) is 0.111. The van der Waals surface area contributed by atoms with E-state index >= 15 is 0 Å². The first-order valence-corrected chi connectivity index (χ1v) is 5.00. The summed E-state index contributed by atoms with van der Waals surface area (Å²) >= 11 is 3.34. The van der Waals surface area contributed by atoms with E-state index < -0.39 is 0 Å². The maximum atomic E-state index is 7.26. The molecule has 15 heavy (non-hydrogen) atoms. The first-order chi connectivity index (χ1) is 7.00. The van der Waals surface area contributed by atoms with E-state index in [0.717, 1.165) is 10.0 Å². The van der Waals surface area contributed by atoms with E-state index in [4.69, 9.17) is 22.3 Å². The first kappa shape index (κ1) is 11.5. The van der Waals surface area contributed by atoms with Gasteiger partial charge in [0.2, 0.25) is 0 Å². The Bertz CT molecular complexity index is 376. The Kier molecular flexibility index (Phi) is 3.68. The minimum absolute atomic E-state index is 0.234. The van der Waals surface area contributed by atoms with E-state index in [0.29, 0.717) is 6.54 Å². The van der Waals surface area contributed by atoms with Crippen LogP contribution in [0.5, 0.6) is 0 Å². The Morgan fingerprint density at radius 3 is 2.33 bits per heavy atom. The van der Waals surface area contributed by atoms with Crippen LogP contribution in [-0.4, -0.2) is 16.8 Å². The summed E-state index contributed by atoms with van der Waals surface area (Å²) < 4.78 is 0.937. The van der Waals surface area contributed by atoms with Gasteiger partial charge < -0.3 is 11.5 Å². The van der Waals surface area contributed by atoms with Crippen LogP contribution in [0.3, 0.4) is 0 Å². The molecule has 1 aromatic carbocycles. The third kappa shape index (κ3) is 3.25. The van der Waals surface area contributed by atoms with Crippen LogP contribution in [0.25, 0.3) is 0 Å². The van der Waals surface area contributed by atoms with E-state index in [-0.39, 0.29) is 11.9 Å². The largest absolute Gasteiger partial charge is 0.370 e. The number of nitrogens with one attached hydrogen (secondary N) is 2. The van der Waals surface area contributed by atoms with Crippen molar-refractivity contribution in [1.29, 1.82) is 10.8 Å². The Balaban J connectivity index is 2.83. The Hall–Kier alpha value is -1.56. The molecule has 1 aromatic rings. The first-order valence-electron chi connectivity index (χ1n) is 4.20. The molecule has 0 saturated carbocycles. The molecule has 0 atom stereocenters. The zero-order valence-electron chi connectivity index (χ0n) is 8.00. The van der Waals surface area contributed by atoms with Crippen LogP contribution < -0.4 is 11.5 Å². The fourth-order valence-electron chi connectivity index (χ4n) is 1.12. The summed E-state index contributed by atoms with van der Waals surface area (Å²) in [5.41, 5.74) is 11.5. The SMILES string of the molecule is N=C(N)N(Cc1cccc(Br)c1)C(=N)N. The lowest BCUT2D eigenvalue weighted by Crippen LogP contribution is -2.44. The van der Waals surface area contributed by atoms with E-state index in [2.05, 4.69) is 15.9 Å². The van der Waals surface area contributed by atoms with Gasteiger partial charge in [0.25, 0.3) is 0 Å². The summed E-state index contributed by atoms with van der Waals surface area (Å²) in [6.07, 6.45) is 0. The van der Waals surface area contributed by atoms with Crippen molar-refractivity contribution >= 4 is 27.8 Å². The number of halogens is 1. The van der Waals surface area contributed by atoms with Gasteiger partial charge in [0.1, 0.15) is 0 Å². The van der Waals surface area contributed by atoms with Crippen molar-refractivity contribution < 1.29 is 0 Å². The van der Waals surface area contributed by atoms with E-state index in [1.54, 1.807) is 0 Å². The van der Waals surface area contributed by atoms with E-state index in [9.17, 15) is 0 Å². The summed E-state index contributed by atoms with van der Waals surface area (Å²) in [5.74, 6) is -0.468. The number of benzene rings is 1. The predicted molar refractivity (Wildman–Crippen MR) is 63.5 cm³/mol. The van der Waals surface area contributed by atoms with Gasteiger partial charge in [-0.1, -0.05) is 28.1 Å². The molecule has 0 heterocycles. The Labute approximate surface area is 96.2 Å². The van der Waals surface area contributed by atoms with Crippen LogP contribution in [0.1, 0.15) is 5.56 Å². The van der Waals surface area contributed by atoms with Gasteiger partial charge in [0.15, 0.2) is 11.9 Å². The van der Waals surface area contributed by atoms with Crippen molar-refractivity contribution in [3.05, 3.63) is 34.3 Å². The second-order valence-electron chi connectivity index (χ2n) is 2.99.